The largest absolute Gasteiger partial charge is 0.370 e. The van der Waals surface area contributed by atoms with E-state index in [9.17, 15) is 4.79 Å². The summed E-state index contributed by atoms with van der Waals surface area (Å²) in [6.07, 6.45) is -1.26. The SMILES string of the molecule is [2H]C([2H])(CC)CC(N)=O. The fourth-order valence-corrected chi connectivity index (χ4v) is 0.248. The second kappa shape index (κ2) is 3.65. The Kier molecular flexibility index (Phi) is 1.81. The minimum atomic E-state index is -1.41. The first-order valence-corrected chi connectivity index (χ1v) is 2.26. The van der Waals surface area contributed by atoms with Crippen molar-refractivity contribution in [2.45, 2.75) is 26.1 Å². The van der Waals surface area contributed by atoms with E-state index in [4.69, 9.17) is 8.48 Å². The molecule has 7 heavy (non-hydrogen) atoms. The molecule has 0 unspecified atom stereocenters. The smallest absolute Gasteiger partial charge is 0.217 e. The predicted octanol–water partition coefficient (Wildman–Crippen LogP) is 0.662. The van der Waals surface area contributed by atoms with Crippen LogP contribution in [0, 0.1) is 0 Å². The van der Waals surface area contributed by atoms with Crippen LogP contribution in [0.4, 0.5) is 0 Å². The lowest BCUT2D eigenvalue weighted by molar-refractivity contribution is -0.118. The third kappa shape index (κ3) is 5.47. The van der Waals surface area contributed by atoms with Crippen molar-refractivity contribution in [3.8, 4) is 0 Å². The molecule has 42 valence electrons. The van der Waals surface area contributed by atoms with E-state index in [-0.39, 0.29) is 6.42 Å². The van der Waals surface area contributed by atoms with Gasteiger partial charge >= 0.3 is 0 Å². The van der Waals surface area contributed by atoms with Crippen molar-refractivity contribution in [3.05, 3.63) is 0 Å². The zero-order valence-electron chi connectivity index (χ0n) is 6.40. The van der Waals surface area contributed by atoms with Crippen LogP contribution in [-0.2, 0) is 4.79 Å². The first-order chi connectivity index (χ1) is 3.98. The second-order valence-electron chi connectivity index (χ2n) is 1.25. The topological polar surface area (TPSA) is 43.1 Å². The van der Waals surface area contributed by atoms with E-state index in [2.05, 4.69) is 0 Å². The van der Waals surface area contributed by atoms with Crippen LogP contribution in [0.5, 0.6) is 0 Å². The molecule has 0 aliphatic rings. The van der Waals surface area contributed by atoms with Gasteiger partial charge in [-0.2, -0.15) is 0 Å². The predicted molar refractivity (Wildman–Crippen MR) is 28.7 cm³/mol. The maximum Gasteiger partial charge on any atom is 0.217 e. The molecule has 0 heterocycles. The molecule has 0 aromatic heterocycles. The first-order valence-electron chi connectivity index (χ1n) is 3.26. The van der Waals surface area contributed by atoms with Crippen molar-refractivity contribution in [1.82, 2.24) is 0 Å². The Morgan fingerprint density at radius 1 is 2.00 bits per heavy atom. The minimum Gasteiger partial charge on any atom is -0.370 e. The number of rotatable bonds is 3. The van der Waals surface area contributed by atoms with Crippen LogP contribution in [0.2, 0.25) is 0 Å². The molecule has 0 saturated carbocycles. The monoisotopic (exact) mass is 103 g/mol. The lowest BCUT2D eigenvalue weighted by Crippen LogP contribution is -2.09. The van der Waals surface area contributed by atoms with Crippen LogP contribution in [-0.4, -0.2) is 5.91 Å². The Morgan fingerprint density at radius 2 is 2.57 bits per heavy atom. The summed E-state index contributed by atoms with van der Waals surface area (Å²) in [5.74, 6) is -0.582. The Labute approximate surface area is 46.5 Å². The normalized spacial score (nSPS) is 15.0. The van der Waals surface area contributed by atoms with Crippen molar-refractivity contribution in [3.63, 3.8) is 0 Å². The number of amides is 1. The lowest BCUT2D eigenvalue weighted by atomic mass is 10.2. The molecule has 0 rings (SSSR count). The third-order valence-corrected chi connectivity index (χ3v) is 0.549. The minimum absolute atomic E-state index is 0.177. The van der Waals surface area contributed by atoms with E-state index in [1.54, 1.807) is 6.92 Å². The highest BCUT2D eigenvalue weighted by molar-refractivity contribution is 5.73. The molecule has 0 atom stereocenters. The van der Waals surface area contributed by atoms with Crippen molar-refractivity contribution < 1.29 is 7.54 Å². The average Bonchev–Trinajstić information content (AvgIpc) is 1.63. The van der Waals surface area contributed by atoms with Crippen LogP contribution in [0.1, 0.15) is 28.9 Å². The van der Waals surface area contributed by atoms with E-state index >= 15 is 0 Å². The third-order valence-electron chi connectivity index (χ3n) is 0.549. The quantitative estimate of drug-likeness (QED) is 0.560. The molecule has 0 spiro atoms. The Bertz CT molecular complexity index is 114. The van der Waals surface area contributed by atoms with E-state index in [0.29, 0.717) is 6.42 Å². The summed E-state index contributed by atoms with van der Waals surface area (Å²) in [6.45, 7) is 1.68. The molecule has 2 N–H and O–H groups in total. The van der Waals surface area contributed by atoms with Gasteiger partial charge in [0.1, 0.15) is 0 Å². The first kappa shape index (κ1) is 3.47. The van der Waals surface area contributed by atoms with Gasteiger partial charge in [-0.15, -0.1) is 0 Å². The number of carbonyl (C=O) groups is 1. The molecule has 0 aliphatic heterocycles. The summed E-state index contributed by atoms with van der Waals surface area (Å²) in [7, 11) is 0. The van der Waals surface area contributed by atoms with E-state index in [0.717, 1.165) is 0 Å². The molecule has 1 amide bonds. The molecular formula is C5H11NO. The summed E-state index contributed by atoms with van der Waals surface area (Å²) >= 11 is 0. The van der Waals surface area contributed by atoms with Gasteiger partial charge in [0.2, 0.25) is 5.91 Å². The summed E-state index contributed by atoms with van der Waals surface area (Å²) in [5.41, 5.74) is 4.78. The van der Waals surface area contributed by atoms with Crippen LogP contribution in [0.3, 0.4) is 0 Å². The molecule has 0 saturated heterocycles. The Balaban J connectivity index is 3.71. The van der Waals surface area contributed by atoms with Gasteiger partial charge in [0.25, 0.3) is 0 Å². The van der Waals surface area contributed by atoms with E-state index in [1.807, 2.05) is 0 Å². The van der Waals surface area contributed by atoms with Gasteiger partial charge in [0, 0.05) is 9.16 Å². The van der Waals surface area contributed by atoms with Gasteiger partial charge in [-0.05, 0) is 6.37 Å². The Hall–Kier alpha value is -0.530. The average molecular weight is 103 g/mol. The van der Waals surface area contributed by atoms with Gasteiger partial charge in [0.15, 0.2) is 0 Å². The van der Waals surface area contributed by atoms with E-state index in [1.165, 1.54) is 0 Å². The van der Waals surface area contributed by atoms with E-state index < -0.39 is 12.3 Å². The van der Waals surface area contributed by atoms with Gasteiger partial charge < -0.3 is 5.73 Å². The molecular weight excluding hydrogens is 90.1 g/mol. The second-order valence-corrected chi connectivity index (χ2v) is 1.25. The molecule has 0 radical (unpaired) electrons. The number of hydrogen-bond donors (Lipinski definition) is 1. The highest BCUT2D eigenvalue weighted by Gasteiger charge is 1.88. The summed E-state index contributed by atoms with van der Waals surface area (Å²) in [6, 6.07) is 0. The van der Waals surface area contributed by atoms with Crippen LogP contribution in [0.25, 0.3) is 0 Å². The van der Waals surface area contributed by atoms with Crippen LogP contribution in [0.15, 0.2) is 0 Å². The van der Waals surface area contributed by atoms with Gasteiger partial charge in [0.05, 0.1) is 0 Å². The van der Waals surface area contributed by atoms with Crippen LogP contribution < -0.4 is 5.73 Å². The van der Waals surface area contributed by atoms with Crippen molar-refractivity contribution >= 4 is 5.91 Å². The number of nitrogens with two attached hydrogens (primary N) is 1. The standard InChI is InChI=1S/C5H11NO/c1-2-3-4-5(6)7/h2-4H2,1H3,(H2,6,7)/i3D2. The highest BCUT2D eigenvalue weighted by Crippen LogP contribution is 1.89. The molecule has 2 heteroatoms. The Morgan fingerprint density at radius 3 is 2.71 bits per heavy atom. The fourth-order valence-electron chi connectivity index (χ4n) is 0.248. The summed E-state index contributed by atoms with van der Waals surface area (Å²) in [5, 5.41) is 0. The van der Waals surface area contributed by atoms with Crippen LogP contribution >= 0.6 is 0 Å². The van der Waals surface area contributed by atoms with Gasteiger partial charge in [-0.25, -0.2) is 0 Å². The summed E-state index contributed by atoms with van der Waals surface area (Å²) < 4.78 is 14.1. The summed E-state index contributed by atoms with van der Waals surface area (Å²) in [4.78, 5) is 10.2. The zero-order chi connectivity index (χ0) is 7.49. The highest BCUT2D eigenvalue weighted by atomic mass is 16.1. The molecule has 0 aromatic rings. The number of carbonyl (C=O) groups excluding carboxylic acids is 1. The number of hydrogen-bond acceptors (Lipinski definition) is 1. The maximum absolute atomic E-state index is 10.2. The van der Waals surface area contributed by atoms with Crippen molar-refractivity contribution in [2.75, 3.05) is 0 Å². The van der Waals surface area contributed by atoms with Crippen molar-refractivity contribution in [2.24, 2.45) is 5.73 Å². The maximum atomic E-state index is 10.2. The molecule has 0 bridgehead atoms. The zero-order valence-corrected chi connectivity index (χ0v) is 4.40. The van der Waals surface area contributed by atoms with Crippen molar-refractivity contribution in [1.29, 1.82) is 0 Å². The van der Waals surface area contributed by atoms with Gasteiger partial charge in [-0.3, -0.25) is 4.79 Å². The number of primary amides is 1. The fraction of sp³-hybridized carbons (Fsp3) is 0.800. The molecule has 0 aliphatic carbocycles. The molecule has 0 fully saturated rings. The van der Waals surface area contributed by atoms with Gasteiger partial charge in [-0.1, -0.05) is 13.3 Å². The lowest BCUT2D eigenvalue weighted by Gasteiger charge is -1.86. The molecule has 0 aromatic carbocycles. The molecule has 2 nitrogen and oxygen atoms in total.